The lowest BCUT2D eigenvalue weighted by Crippen LogP contribution is -2.42. The highest BCUT2D eigenvalue weighted by Gasteiger charge is 2.33. The highest BCUT2D eigenvalue weighted by atomic mass is 32.2. The Kier molecular flexibility index (Phi) is 5.75. The molecule has 0 aliphatic carbocycles. The summed E-state index contributed by atoms with van der Waals surface area (Å²) < 4.78 is 28.0. The van der Waals surface area contributed by atoms with Gasteiger partial charge in [0.15, 0.2) is 0 Å². The second-order valence-electron chi connectivity index (χ2n) is 7.29. The van der Waals surface area contributed by atoms with Crippen LogP contribution in [0.2, 0.25) is 0 Å². The number of likely N-dealkylation sites (tertiary alicyclic amines) is 1. The first kappa shape index (κ1) is 20.7. The Labute approximate surface area is 180 Å². The Hall–Kier alpha value is -2.52. The van der Waals surface area contributed by atoms with Crippen LogP contribution in [0.15, 0.2) is 52.3 Å². The Morgan fingerprint density at radius 2 is 1.80 bits per heavy atom. The van der Waals surface area contributed by atoms with Crippen molar-refractivity contribution in [2.75, 3.05) is 35.5 Å². The fourth-order valence-electron chi connectivity index (χ4n) is 3.83. The normalized spacial score (nSPS) is 16.8. The molecule has 0 saturated carbocycles. The first-order valence-electron chi connectivity index (χ1n) is 9.81. The molecule has 2 aromatic rings. The molecule has 2 aromatic carbocycles. The van der Waals surface area contributed by atoms with Crippen LogP contribution >= 0.6 is 11.8 Å². The van der Waals surface area contributed by atoms with Crippen LogP contribution in [0.25, 0.3) is 0 Å². The Balaban J connectivity index is 1.75. The van der Waals surface area contributed by atoms with Gasteiger partial charge in [0.25, 0.3) is 15.9 Å². The van der Waals surface area contributed by atoms with Gasteiger partial charge in [-0.25, -0.2) is 8.42 Å². The molecule has 1 N–H and O–H groups in total. The molecule has 2 aliphatic rings. The molecule has 0 aromatic heterocycles. The Morgan fingerprint density at radius 3 is 2.53 bits per heavy atom. The van der Waals surface area contributed by atoms with Crippen molar-refractivity contribution in [3.05, 3.63) is 48.0 Å². The molecule has 0 spiro atoms. The minimum Gasteiger partial charge on any atom is -0.339 e. The SMILES string of the molecule is CSc1ccc(S(=O)(=O)N2CC(=O)Nc3ccccc32)cc1C(=O)N1CCCCC1. The number of nitrogens with zero attached hydrogens (tertiary/aromatic N) is 2. The summed E-state index contributed by atoms with van der Waals surface area (Å²) in [5.41, 5.74) is 1.25. The highest BCUT2D eigenvalue weighted by molar-refractivity contribution is 7.98. The number of piperidine rings is 1. The summed E-state index contributed by atoms with van der Waals surface area (Å²) in [5.74, 6) is -0.546. The van der Waals surface area contributed by atoms with Crippen molar-refractivity contribution >= 4 is 45.0 Å². The number of rotatable bonds is 4. The Bertz CT molecular complexity index is 1100. The van der Waals surface area contributed by atoms with Gasteiger partial charge in [-0.3, -0.25) is 13.9 Å². The number of hydrogen-bond acceptors (Lipinski definition) is 5. The number of benzene rings is 2. The van der Waals surface area contributed by atoms with Gasteiger partial charge in [0, 0.05) is 18.0 Å². The van der Waals surface area contributed by atoms with Gasteiger partial charge in [-0.2, -0.15) is 0 Å². The second-order valence-corrected chi connectivity index (χ2v) is 10.0. The first-order chi connectivity index (χ1) is 14.4. The van der Waals surface area contributed by atoms with Crippen LogP contribution in [-0.2, 0) is 14.8 Å². The average Bonchev–Trinajstić information content (AvgIpc) is 2.78. The third-order valence-electron chi connectivity index (χ3n) is 5.37. The zero-order chi connectivity index (χ0) is 21.3. The van der Waals surface area contributed by atoms with E-state index in [0.29, 0.717) is 30.0 Å². The summed E-state index contributed by atoms with van der Waals surface area (Å²) in [4.78, 5) is 27.8. The van der Waals surface area contributed by atoms with Gasteiger partial charge in [0.2, 0.25) is 5.91 Å². The van der Waals surface area contributed by atoms with E-state index < -0.39 is 15.9 Å². The van der Waals surface area contributed by atoms with E-state index in [1.807, 2.05) is 6.26 Å². The van der Waals surface area contributed by atoms with Crippen LogP contribution < -0.4 is 9.62 Å². The summed E-state index contributed by atoms with van der Waals surface area (Å²) >= 11 is 1.41. The highest BCUT2D eigenvalue weighted by Crippen LogP contribution is 2.34. The van der Waals surface area contributed by atoms with Gasteiger partial charge >= 0.3 is 0 Å². The maximum Gasteiger partial charge on any atom is 0.264 e. The molecule has 7 nitrogen and oxygen atoms in total. The summed E-state index contributed by atoms with van der Waals surface area (Å²) in [5, 5.41) is 2.70. The molecule has 1 fully saturated rings. The minimum absolute atomic E-state index is 0.00478. The minimum atomic E-state index is -4.03. The van der Waals surface area contributed by atoms with Crippen molar-refractivity contribution in [1.82, 2.24) is 4.90 Å². The summed E-state index contributed by atoms with van der Waals surface area (Å²) in [7, 11) is -4.03. The van der Waals surface area contributed by atoms with Crippen molar-refractivity contribution in [2.24, 2.45) is 0 Å². The van der Waals surface area contributed by atoms with E-state index in [9.17, 15) is 18.0 Å². The van der Waals surface area contributed by atoms with Gasteiger partial charge in [0.1, 0.15) is 6.54 Å². The van der Waals surface area contributed by atoms with E-state index in [1.165, 1.54) is 23.9 Å². The summed E-state index contributed by atoms with van der Waals surface area (Å²) in [6.07, 6.45) is 4.88. The number of para-hydroxylation sites is 2. The first-order valence-corrected chi connectivity index (χ1v) is 12.5. The molecule has 0 radical (unpaired) electrons. The van der Waals surface area contributed by atoms with E-state index in [1.54, 1.807) is 35.2 Å². The quantitative estimate of drug-likeness (QED) is 0.731. The van der Waals surface area contributed by atoms with E-state index in [2.05, 4.69) is 5.32 Å². The molecule has 0 unspecified atom stereocenters. The van der Waals surface area contributed by atoms with Gasteiger partial charge < -0.3 is 10.2 Å². The molecule has 2 amide bonds. The number of anilines is 2. The third-order valence-corrected chi connectivity index (χ3v) is 7.92. The van der Waals surface area contributed by atoms with E-state index >= 15 is 0 Å². The summed E-state index contributed by atoms with van der Waals surface area (Å²) in [6, 6.07) is 11.4. The molecule has 158 valence electrons. The van der Waals surface area contributed by atoms with Gasteiger partial charge in [-0.05, 0) is 55.9 Å². The molecule has 9 heteroatoms. The standard InChI is InChI=1S/C21H23N3O4S2/c1-29-19-10-9-15(13-16(19)21(26)23-11-5-2-6-12-23)30(27,28)24-14-20(25)22-17-7-3-4-8-18(17)24/h3-4,7-10,13H,2,5-6,11-12,14H2,1H3,(H,22,25). The molecule has 2 heterocycles. The zero-order valence-corrected chi connectivity index (χ0v) is 18.3. The Morgan fingerprint density at radius 1 is 1.07 bits per heavy atom. The molecule has 2 aliphatic heterocycles. The number of hydrogen-bond donors (Lipinski definition) is 1. The van der Waals surface area contributed by atoms with Crippen LogP contribution in [0.1, 0.15) is 29.6 Å². The molecule has 0 atom stereocenters. The fraction of sp³-hybridized carbons (Fsp3) is 0.333. The zero-order valence-electron chi connectivity index (χ0n) is 16.6. The number of nitrogens with one attached hydrogen (secondary N) is 1. The molecular formula is C21H23N3O4S2. The van der Waals surface area contributed by atoms with Gasteiger partial charge in [0.05, 0.1) is 21.8 Å². The monoisotopic (exact) mass is 445 g/mol. The van der Waals surface area contributed by atoms with Crippen LogP contribution in [0.4, 0.5) is 11.4 Å². The van der Waals surface area contributed by atoms with E-state index in [4.69, 9.17) is 0 Å². The molecular weight excluding hydrogens is 422 g/mol. The van der Waals surface area contributed by atoms with Crippen molar-refractivity contribution in [1.29, 1.82) is 0 Å². The molecule has 1 saturated heterocycles. The fourth-order valence-corrected chi connectivity index (χ4v) is 5.86. The topological polar surface area (TPSA) is 86.8 Å². The lowest BCUT2D eigenvalue weighted by Gasteiger charge is -2.30. The lowest BCUT2D eigenvalue weighted by atomic mass is 10.1. The molecule has 0 bridgehead atoms. The predicted octanol–water partition coefficient (Wildman–Crippen LogP) is 3.18. The van der Waals surface area contributed by atoms with Crippen LogP contribution in [0, 0.1) is 0 Å². The number of amides is 2. The smallest absolute Gasteiger partial charge is 0.264 e. The second kappa shape index (κ2) is 8.31. The maximum atomic E-state index is 13.5. The summed E-state index contributed by atoms with van der Waals surface area (Å²) in [6.45, 7) is 1.06. The molecule has 4 rings (SSSR count). The van der Waals surface area contributed by atoms with Crippen LogP contribution in [0.3, 0.4) is 0 Å². The average molecular weight is 446 g/mol. The van der Waals surface area contributed by atoms with Gasteiger partial charge in [-0.15, -0.1) is 11.8 Å². The number of thioether (sulfide) groups is 1. The van der Waals surface area contributed by atoms with Crippen molar-refractivity contribution < 1.29 is 18.0 Å². The third kappa shape index (κ3) is 3.79. The predicted molar refractivity (Wildman–Crippen MR) is 118 cm³/mol. The lowest BCUT2D eigenvalue weighted by molar-refractivity contribution is -0.115. The largest absolute Gasteiger partial charge is 0.339 e. The van der Waals surface area contributed by atoms with E-state index in [-0.39, 0.29) is 17.3 Å². The number of sulfonamides is 1. The van der Waals surface area contributed by atoms with E-state index in [0.717, 1.165) is 28.5 Å². The van der Waals surface area contributed by atoms with Crippen molar-refractivity contribution in [3.63, 3.8) is 0 Å². The number of carbonyl (C=O) groups is 2. The molecule has 30 heavy (non-hydrogen) atoms. The maximum absolute atomic E-state index is 13.5. The van der Waals surface area contributed by atoms with Crippen molar-refractivity contribution in [3.8, 4) is 0 Å². The van der Waals surface area contributed by atoms with Crippen molar-refractivity contribution in [2.45, 2.75) is 29.1 Å². The number of carbonyl (C=O) groups excluding carboxylic acids is 2. The van der Waals surface area contributed by atoms with Gasteiger partial charge in [-0.1, -0.05) is 12.1 Å². The van der Waals surface area contributed by atoms with Crippen LogP contribution in [-0.4, -0.2) is 51.0 Å². The number of fused-ring (bicyclic) bond motifs is 1. The van der Waals surface area contributed by atoms with Crippen LogP contribution in [0.5, 0.6) is 0 Å².